The van der Waals surface area contributed by atoms with Crippen LogP contribution in [0.2, 0.25) is 0 Å². The molecule has 7 heteroatoms. The Bertz CT molecular complexity index is 1360. The summed E-state index contributed by atoms with van der Waals surface area (Å²) in [5.41, 5.74) is 9.38. The van der Waals surface area contributed by atoms with Gasteiger partial charge >= 0.3 is 5.97 Å². The maximum atomic E-state index is 12.6. The molecule has 1 atom stereocenters. The topological polar surface area (TPSA) is 104 Å². The van der Waals surface area contributed by atoms with Gasteiger partial charge < -0.3 is 24.7 Å². The number of rotatable bonds is 8. The predicted molar refractivity (Wildman–Crippen MR) is 135 cm³/mol. The third-order valence-corrected chi connectivity index (χ3v) is 5.72. The molecule has 0 bridgehead atoms. The number of fused-ring (bicyclic) bond motifs is 1. The van der Waals surface area contributed by atoms with Crippen molar-refractivity contribution in [2.45, 2.75) is 33.1 Å². The van der Waals surface area contributed by atoms with Gasteiger partial charge in [0.25, 0.3) is 0 Å². The molecule has 0 saturated carbocycles. The van der Waals surface area contributed by atoms with Gasteiger partial charge in [-0.1, -0.05) is 36.8 Å². The van der Waals surface area contributed by atoms with Crippen molar-refractivity contribution in [2.75, 3.05) is 13.2 Å². The number of nitrogens with two attached hydrogens (primary N) is 1. The number of ether oxygens (including phenoxy) is 4. The van der Waals surface area contributed by atoms with Crippen molar-refractivity contribution in [3.63, 3.8) is 0 Å². The number of hydrogen-bond donors (Lipinski definition) is 1. The molecule has 1 aliphatic rings. The zero-order valence-electron chi connectivity index (χ0n) is 20.5. The summed E-state index contributed by atoms with van der Waals surface area (Å²) >= 11 is 0. The molecule has 7 nitrogen and oxygen atoms in total. The van der Waals surface area contributed by atoms with E-state index >= 15 is 0 Å². The molecule has 0 fully saturated rings. The average Bonchev–Trinajstić information content (AvgIpc) is 2.87. The molecule has 4 rings (SSSR count). The van der Waals surface area contributed by atoms with Gasteiger partial charge in [-0.2, -0.15) is 5.26 Å². The van der Waals surface area contributed by atoms with Gasteiger partial charge in [0.05, 0.1) is 24.7 Å². The minimum absolute atomic E-state index is 0.00132. The minimum Gasteiger partial charge on any atom is -0.490 e. The van der Waals surface area contributed by atoms with E-state index in [1.165, 1.54) is 0 Å². The molecular formula is C29H28N2O5. The molecule has 0 aliphatic carbocycles. The second kappa shape index (κ2) is 10.9. The van der Waals surface area contributed by atoms with Crippen LogP contribution in [0.25, 0.3) is 0 Å². The number of nitriles is 1. The van der Waals surface area contributed by atoms with E-state index in [1.807, 2.05) is 45.0 Å². The molecule has 184 valence electrons. The Morgan fingerprint density at radius 2 is 1.89 bits per heavy atom. The van der Waals surface area contributed by atoms with E-state index in [2.05, 4.69) is 6.07 Å². The zero-order valence-corrected chi connectivity index (χ0v) is 20.5. The van der Waals surface area contributed by atoms with Crippen LogP contribution in [0.4, 0.5) is 0 Å². The summed E-state index contributed by atoms with van der Waals surface area (Å²) in [6, 6.07) is 20.0. The number of nitrogens with zero attached hydrogens (tertiary/aromatic N) is 1. The van der Waals surface area contributed by atoms with E-state index in [4.69, 9.17) is 24.7 Å². The van der Waals surface area contributed by atoms with E-state index in [0.717, 1.165) is 23.1 Å². The van der Waals surface area contributed by atoms with Gasteiger partial charge in [-0.25, -0.2) is 4.79 Å². The number of carbonyl (C=O) groups is 1. The number of benzene rings is 3. The maximum absolute atomic E-state index is 12.6. The lowest BCUT2D eigenvalue weighted by molar-refractivity contribution is 0.0734. The zero-order chi connectivity index (χ0) is 25.7. The fraction of sp³-hybridized carbons (Fsp3) is 0.241. The monoisotopic (exact) mass is 484 g/mol. The third-order valence-electron chi connectivity index (χ3n) is 5.72. The number of hydrogen-bond acceptors (Lipinski definition) is 7. The summed E-state index contributed by atoms with van der Waals surface area (Å²) in [6.07, 6.45) is 0.870. The van der Waals surface area contributed by atoms with Crippen molar-refractivity contribution in [3.05, 3.63) is 94.4 Å². The van der Waals surface area contributed by atoms with Gasteiger partial charge in [0, 0.05) is 11.6 Å². The Hall–Kier alpha value is -4.44. The second-order valence-electron chi connectivity index (χ2n) is 8.37. The molecule has 0 aromatic heterocycles. The fourth-order valence-corrected chi connectivity index (χ4v) is 4.08. The third kappa shape index (κ3) is 5.13. The highest BCUT2D eigenvalue weighted by Crippen LogP contribution is 2.45. The first-order valence-electron chi connectivity index (χ1n) is 11.8. The quantitative estimate of drug-likeness (QED) is 0.327. The van der Waals surface area contributed by atoms with Crippen LogP contribution in [0.5, 0.6) is 23.0 Å². The van der Waals surface area contributed by atoms with Crippen molar-refractivity contribution in [1.29, 1.82) is 5.26 Å². The molecule has 0 spiro atoms. The molecule has 0 amide bonds. The molecular weight excluding hydrogens is 456 g/mol. The Morgan fingerprint density at radius 1 is 1.06 bits per heavy atom. The lowest BCUT2D eigenvalue weighted by Gasteiger charge is -2.27. The van der Waals surface area contributed by atoms with Crippen LogP contribution in [0.3, 0.4) is 0 Å². The Labute approximate surface area is 210 Å². The van der Waals surface area contributed by atoms with Crippen molar-refractivity contribution in [3.8, 4) is 29.1 Å². The number of allylic oxidation sites excluding steroid dienone is 1. The second-order valence-corrected chi connectivity index (χ2v) is 8.37. The van der Waals surface area contributed by atoms with Gasteiger partial charge in [-0.3, -0.25) is 0 Å². The van der Waals surface area contributed by atoms with Crippen molar-refractivity contribution in [2.24, 2.45) is 5.73 Å². The summed E-state index contributed by atoms with van der Waals surface area (Å²) in [4.78, 5) is 12.6. The highest BCUT2D eigenvalue weighted by Gasteiger charge is 2.32. The summed E-state index contributed by atoms with van der Waals surface area (Å²) in [6.45, 7) is 6.88. The van der Waals surface area contributed by atoms with Crippen molar-refractivity contribution < 1.29 is 23.7 Å². The van der Waals surface area contributed by atoms with Crippen molar-refractivity contribution >= 4 is 5.97 Å². The van der Waals surface area contributed by atoms with Gasteiger partial charge in [0.15, 0.2) is 11.5 Å². The summed E-state index contributed by atoms with van der Waals surface area (Å²) < 4.78 is 23.0. The van der Waals surface area contributed by atoms with Gasteiger partial charge in [-0.05, 0) is 56.2 Å². The van der Waals surface area contributed by atoms with Gasteiger partial charge in [0.1, 0.15) is 23.1 Å². The van der Waals surface area contributed by atoms with E-state index < -0.39 is 11.9 Å². The van der Waals surface area contributed by atoms with E-state index in [0.29, 0.717) is 41.8 Å². The Balaban J connectivity index is 1.70. The van der Waals surface area contributed by atoms with Crippen LogP contribution in [0, 0.1) is 18.3 Å². The lowest BCUT2D eigenvalue weighted by Crippen LogP contribution is -2.21. The van der Waals surface area contributed by atoms with Gasteiger partial charge in [0.2, 0.25) is 5.88 Å². The molecule has 3 aromatic rings. The van der Waals surface area contributed by atoms with Crippen LogP contribution < -0.4 is 24.7 Å². The highest BCUT2D eigenvalue weighted by molar-refractivity contribution is 5.91. The summed E-state index contributed by atoms with van der Waals surface area (Å²) in [5, 5.41) is 9.89. The first-order chi connectivity index (χ1) is 17.4. The normalized spacial score (nSPS) is 14.3. The molecule has 1 aliphatic heterocycles. The minimum atomic E-state index is -0.486. The first kappa shape index (κ1) is 24.7. The Kier molecular flexibility index (Phi) is 7.45. The fourth-order valence-electron chi connectivity index (χ4n) is 4.08. The maximum Gasteiger partial charge on any atom is 0.343 e. The SMILES string of the molecule is CCCOc1ccc(C2C(C#N)=C(N)Oc3cc(OC(=O)c4cccc(C)c4)ccc32)cc1OCC. The van der Waals surface area contributed by atoms with Crippen LogP contribution in [-0.4, -0.2) is 19.2 Å². The predicted octanol–water partition coefficient (Wildman–Crippen LogP) is 5.62. The van der Waals surface area contributed by atoms with E-state index in [-0.39, 0.29) is 11.5 Å². The number of esters is 1. The molecule has 2 N–H and O–H groups in total. The Morgan fingerprint density at radius 3 is 2.61 bits per heavy atom. The standard InChI is InChI=1S/C29H28N2O5/c1-4-13-34-24-12-9-19(15-26(24)33-5-2)27-22-11-10-21(16-25(22)36-28(31)23(27)17-30)35-29(32)20-8-6-7-18(3)14-20/h6-12,14-16,27H,4-5,13,31H2,1-3H3. The van der Waals surface area contributed by atoms with Crippen molar-refractivity contribution in [1.82, 2.24) is 0 Å². The first-order valence-corrected chi connectivity index (χ1v) is 11.8. The molecule has 3 aromatic carbocycles. The largest absolute Gasteiger partial charge is 0.490 e. The summed E-state index contributed by atoms with van der Waals surface area (Å²) in [5.74, 6) is 0.998. The molecule has 1 unspecified atom stereocenters. The molecule has 36 heavy (non-hydrogen) atoms. The van der Waals surface area contributed by atoms with Crippen LogP contribution >= 0.6 is 0 Å². The number of aryl methyl sites for hydroxylation is 1. The highest BCUT2D eigenvalue weighted by atomic mass is 16.5. The van der Waals surface area contributed by atoms with Crippen LogP contribution in [0.15, 0.2) is 72.1 Å². The van der Waals surface area contributed by atoms with Crippen LogP contribution in [-0.2, 0) is 0 Å². The molecule has 1 heterocycles. The lowest BCUT2D eigenvalue weighted by atomic mass is 9.83. The van der Waals surface area contributed by atoms with Crippen LogP contribution in [0.1, 0.15) is 53.2 Å². The smallest absolute Gasteiger partial charge is 0.343 e. The van der Waals surface area contributed by atoms with E-state index in [9.17, 15) is 10.1 Å². The molecule has 0 radical (unpaired) electrons. The number of carbonyl (C=O) groups excluding carboxylic acids is 1. The summed E-state index contributed by atoms with van der Waals surface area (Å²) in [7, 11) is 0. The van der Waals surface area contributed by atoms with E-state index in [1.54, 1.807) is 36.4 Å². The average molecular weight is 485 g/mol. The molecule has 0 saturated heterocycles. The van der Waals surface area contributed by atoms with Gasteiger partial charge in [-0.15, -0.1) is 0 Å².